The highest BCUT2D eigenvalue weighted by Gasteiger charge is 2.26. The van der Waals surface area contributed by atoms with Gasteiger partial charge in [0.15, 0.2) is 0 Å². The number of nitrogens with one attached hydrogen (secondary N) is 1. The number of halogens is 1. The minimum absolute atomic E-state index is 0.0391. The van der Waals surface area contributed by atoms with E-state index in [1.165, 1.54) is 35.5 Å². The van der Waals surface area contributed by atoms with Gasteiger partial charge in [0.25, 0.3) is 15.9 Å². The highest BCUT2D eigenvalue weighted by atomic mass is 32.2. The Balaban J connectivity index is 1.62. The SMILES string of the molecule is COc1ccccc1NS(=O)(=O)c1cc(C(=O)N(C)[C@@H](C)c2nc3ccccc3s2)ccc1F. The summed E-state index contributed by atoms with van der Waals surface area (Å²) in [6, 6.07) is 16.9. The summed E-state index contributed by atoms with van der Waals surface area (Å²) < 4.78 is 49.0. The number of amides is 1. The third-order valence-corrected chi connectivity index (χ3v) is 7.98. The molecule has 0 unspecified atom stereocenters. The van der Waals surface area contributed by atoms with Crippen LogP contribution in [0.3, 0.4) is 0 Å². The molecule has 0 saturated carbocycles. The van der Waals surface area contributed by atoms with Gasteiger partial charge in [0.1, 0.15) is 21.5 Å². The van der Waals surface area contributed by atoms with Crippen molar-refractivity contribution >= 4 is 43.2 Å². The summed E-state index contributed by atoms with van der Waals surface area (Å²) in [6.07, 6.45) is 0. The Morgan fingerprint density at radius 3 is 2.56 bits per heavy atom. The molecule has 3 aromatic carbocycles. The topological polar surface area (TPSA) is 88.6 Å². The second-order valence-corrected chi connectivity index (χ2v) is 10.3. The number of carbonyl (C=O) groups excluding carboxylic acids is 1. The van der Waals surface area contributed by atoms with Gasteiger partial charge < -0.3 is 9.64 Å². The molecule has 0 fully saturated rings. The lowest BCUT2D eigenvalue weighted by Crippen LogP contribution is -2.30. The average Bonchev–Trinajstić information content (AvgIpc) is 3.27. The van der Waals surface area contributed by atoms with Crippen LogP contribution < -0.4 is 9.46 Å². The molecule has 0 radical (unpaired) electrons. The molecular formula is C24H22FN3O4S2. The van der Waals surface area contributed by atoms with Crippen LogP contribution in [0.1, 0.15) is 28.3 Å². The Kier molecular flexibility index (Phi) is 6.54. The second-order valence-electron chi connectivity index (χ2n) is 7.56. The molecule has 4 aromatic rings. The molecule has 176 valence electrons. The predicted octanol–water partition coefficient (Wildman–Crippen LogP) is 5.08. The van der Waals surface area contributed by atoms with Crippen molar-refractivity contribution in [3.05, 3.63) is 83.1 Å². The van der Waals surface area contributed by atoms with Crippen molar-refractivity contribution in [1.29, 1.82) is 0 Å². The van der Waals surface area contributed by atoms with Gasteiger partial charge in [-0.2, -0.15) is 0 Å². The summed E-state index contributed by atoms with van der Waals surface area (Å²) in [5.41, 5.74) is 1.03. The lowest BCUT2D eigenvalue weighted by Gasteiger charge is -2.23. The van der Waals surface area contributed by atoms with E-state index in [4.69, 9.17) is 4.74 Å². The standard InChI is InChI=1S/C24H22FN3O4S2/c1-15(23-26-19-9-5-7-11-21(19)33-23)28(2)24(29)16-12-13-17(25)22(14-16)34(30,31)27-18-8-4-6-10-20(18)32-3/h4-15,27H,1-3H3/t15-/m0/s1. The van der Waals surface area contributed by atoms with Crippen molar-refractivity contribution < 1.29 is 22.3 Å². The Labute approximate surface area is 200 Å². The van der Waals surface area contributed by atoms with Crippen LogP contribution in [0.2, 0.25) is 0 Å². The van der Waals surface area contributed by atoms with Gasteiger partial charge in [0.2, 0.25) is 0 Å². The number of anilines is 1. The van der Waals surface area contributed by atoms with Crippen molar-refractivity contribution in [3.8, 4) is 5.75 Å². The summed E-state index contributed by atoms with van der Waals surface area (Å²) in [6.45, 7) is 1.83. The Bertz CT molecular complexity index is 1440. The van der Waals surface area contributed by atoms with Crippen LogP contribution in [0, 0.1) is 5.82 Å². The van der Waals surface area contributed by atoms with Crippen LogP contribution in [0.25, 0.3) is 10.2 Å². The molecule has 1 atom stereocenters. The number of benzene rings is 3. The molecule has 10 heteroatoms. The molecule has 0 aliphatic carbocycles. The molecule has 0 saturated heterocycles. The van der Waals surface area contributed by atoms with Gasteiger partial charge in [-0.25, -0.2) is 17.8 Å². The molecule has 0 aliphatic rings. The van der Waals surface area contributed by atoms with Gasteiger partial charge in [0.05, 0.1) is 29.1 Å². The zero-order valence-electron chi connectivity index (χ0n) is 18.7. The van der Waals surface area contributed by atoms with Gasteiger partial charge in [0, 0.05) is 12.6 Å². The molecule has 1 heterocycles. The number of nitrogens with zero attached hydrogens (tertiary/aromatic N) is 2. The van der Waals surface area contributed by atoms with Crippen molar-refractivity contribution in [2.75, 3.05) is 18.9 Å². The molecule has 1 aromatic heterocycles. The highest BCUT2D eigenvalue weighted by molar-refractivity contribution is 7.92. The number of fused-ring (bicyclic) bond motifs is 1. The molecule has 0 spiro atoms. The van der Waals surface area contributed by atoms with Gasteiger partial charge in [-0.15, -0.1) is 11.3 Å². The monoisotopic (exact) mass is 499 g/mol. The van der Waals surface area contributed by atoms with E-state index in [9.17, 15) is 17.6 Å². The summed E-state index contributed by atoms with van der Waals surface area (Å²) in [5.74, 6) is -1.15. The zero-order chi connectivity index (χ0) is 24.5. The first kappa shape index (κ1) is 23.7. The number of methoxy groups -OCH3 is 1. The normalized spacial score (nSPS) is 12.4. The van der Waals surface area contributed by atoms with E-state index in [2.05, 4.69) is 9.71 Å². The fourth-order valence-corrected chi connectivity index (χ4v) is 5.62. The van der Waals surface area contributed by atoms with Crippen LogP contribution >= 0.6 is 11.3 Å². The number of thiazole rings is 1. The maximum Gasteiger partial charge on any atom is 0.264 e. The average molecular weight is 500 g/mol. The summed E-state index contributed by atoms with van der Waals surface area (Å²) in [4.78, 5) is 18.6. The molecular weight excluding hydrogens is 477 g/mol. The molecule has 34 heavy (non-hydrogen) atoms. The van der Waals surface area contributed by atoms with E-state index in [1.54, 1.807) is 25.2 Å². The van der Waals surface area contributed by atoms with E-state index in [1.807, 2.05) is 31.2 Å². The number of hydrogen-bond acceptors (Lipinski definition) is 6. The highest BCUT2D eigenvalue weighted by Crippen LogP contribution is 2.31. The largest absolute Gasteiger partial charge is 0.495 e. The summed E-state index contributed by atoms with van der Waals surface area (Å²) >= 11 is 1.48. The number of para-hydroxylation sites is 3. The number of rotatable bonds is 7. The maximum absolute atomic E-state index is 14.6. The van der Waals surface area contributed by atoms with E-state index < -0.39 is 26.6 Å². The molecule has 7 nitrogen and oxygen atoms in total. The molecule has 1 amide bonds. The van der Waals surface area contributed by atoms with Gasteiger partial charge in [-0.1, -0.05) is 24.3 Å². The number of ether oxygens (including phenoxy) is 1. The third-order valence-electron chi connectivity index (χ3n) is 5.39. The van der Waals surface area contributed by atoms with Crippen LogP contribution in [0.15, 0.2) is 71.6 Å². The van der Waals surface area contributed by atoms with Crippen LogP contribution in [-0.4, -0.2) is 38.4 Å². The van der Waals surface area contributed by atoms with Crippen molar-refractivity contribution in [2.24, 2.45) is 0 Å². The zero-order valence-corrected chi connectivity index (χ0v) is 20.3. The van der Waals surface area contributed by atoms with Gasteiger partial charge >= 0.3 is 0 Å². The fourth-order valence-electron chi connectivity index (χ4n) is 3.38. The number of hydrogen-bond donors (Lipinski definition) is 1. The number of aromatic nitrogens is 1. The first-order chi connectivity index (χ1) is 16.2. The maximum atomic E-state index is 14.6. The van der Waals surface area contributed by atoms with E-state index >= 15 is 0 Å². The predicted molar refractivity (Wildman–Crippen MR) is 130 cm³/mol. The smallest absolute Gasteiger partial charge is 0.264 e. The fraction of sp³-hybridized carbons (Fsp3) is 0.167. The molecule has 0 bridgehead atoms. The minimum Gasteiger partial charge on any atom is -0.495 e. The Hall–Kier alpha value is -3.50. The third kappa shape index (κ3) is 4.59. The van der Waals surface area contributed by atoms with Crippen LogP contribution in [0.4, 0.5) is 10.1 Å². The van der Waals surface area contributed by atoms with Crippen molar-refractivity contribution in [3.63, 3.8) is 0 Å². The summed E-state index contributed by atoms with van der Waals surface area (Å²) in [5, 5.41) is 0.741. The Morgan fingerprint density at radius 2 is 1.82 bits per heavy atom. The lowest BCUT2D eigenvalue weighted by molar-refractivity contribution is 0.0742. The van der Waals surface area contributed by atoms with Crippen molar-refractivity contribution in [1.82, 2.24) is 9.88 Å². The summed E-state index contributed by atoms with van der Waals surface area (Å²) in [7, 11) is -1.33. The van der Waals surface area contributed by atoms with E-state index in [0.717, 1.165) is 27.4 Å². The molecule has 4 rings (SSSR count). The second kappa shape index (κ2) is 9.40. The molecule has 0 aliphatic heterocycles. The van der Waals surface area contributed by atoms with Crippen LogP contribution in [-0.2, 0) is 10.0 Å². The van der Waals surface area contributed by atoms with Crippen molar-refractivity contribution in [2.45, 2.75) is 17.9 Å². The van der Waals surface area contributed by atoms with E-state index in [-0.39, 0.29) is 23.0 Å². The number of carbonyl (C=O) groups is 1. The number of sulfonamides is 1. The van der Waals surface area contributed by atoms with E-state index in [0.29, 0.717) is 0 Å². The first-order valence-corrected chi connectivity index (χ1v) is 12.6. The van der Waals surface area contributed by atoms with Gasteiger partial charge in [-0.05, 0) is 49.4 Å². The van der Waals surface area contributed by atoms with Crippen LogP contribution in [0.5, 0.6) is 5.75 Å². The lowest BCUT2D eigenvalue weighted by atomic mass is 10.1. The quantitative estimate of drug-likeness (QED) is 0.383. The first-order valence-electron chi connectivity index (χ1n) is 10.3. The Morgan fingerprint density at radius 1 is 1.12 bits per heavy atom. The van der Waals surface area contributed by atoms with Gasteiger partial charge in [-0.3, -0.25) is 9.52 Å². The minimum atomic E-state index is -4.33. The molecule has 1 N–H and O–H groups in total.